The second-order valence-corrected chi connectivity index (χ2v) is 5.64. The second kappa shape index (κ2) is 4.84. The molecule has 0 aromatic rings. The van der Waals surface area contributed by atoms with Crippen molar-refractivity contribution in [1.82, 2.24) is 5.32 Å². The fourth-order valence-electron chi connectivity index (χ4n) is 3.00. The Balaban J connectivity index is 1.81. The van der Waals surface area contributed by atoms with Crippen LogP contribution in [0.15, 0.2) is 0 Å². The Morgan fingerprint density at radius 1 is 1.20 bits per heavy atom. The molecule has 0 spiro atoms. The van der Waals surface area contributed by atoms with E-state index < -0.39 is 0 Å². The third kappa shape index (κ3) is 2.94. The maximum absolute atomic E-state index is 5.97. The first kappa shape index (κ1) is 11.4. The summed E-state index contributed by atoms with van der Waals surface area (Å²) in [5.41, 5.74) is 6.28. The number of hydrogen-bond donors (Lipinski definition) is 2. The maximum atomic E-state index is 5.97. The summed E-state index contributed by atoms with van der Waals surface area (Å²) in [5.74, 6) is 0.982. The molecule has 2 saturated carbocycles. The van der Waals surface area contributed by atoms with Crippen LogP contribution >= 0.6 is 0 Å². The van der Waals surface area contributed by atoms with Gasteiger partial charge in [0.05, 0.1) is 0 Å². The molecule has 15 heavy (non-hydrogen) atoms. The minimum absolute atomic E-state index is 0.311. The van der Waals surface area contributed by atoms with Crippen LogP contribution in [-0.2, 0) is 0 Å². The van der Waals surface area contributed by atoms with E-state index in [1.54, 1.807) is 0 Å². The first-order valence-corrected chi connectivity index (χ1v) is 6.76. The molecule has 0 heterocycles. The average molecular weight is 210 g/mol. The van der Waals surface area contributed by atoms with Crippen LogP contribution in [0.25, 0.3) is 0 Å². The van der Waals surface area contributed by atoms with Crippen molar-refractivity contribution in [2.75, 3.05) is 6.54 Å². The van der Waals surface area contributed by atoms with Crippen LogP contribution in [0, 0.1) is 5.92 Å². The van der Waals surface area contributed by atoms with Crippen LogP contribution in [0.2, 0.25) is 0 Å². The molecule has 0 bridgehead atoms. The number of nitrogens with two attached hydrogens (primary N) is 1. The molecule has 0 aromatic carbocycles. The summed E-state index contributed by atoms with van der Waals surface area (Å²) in [6.45, 7) is 3.13. The van der Waals surface area contributed by atoms with Crippen molar-refractivity contribution < 1.29 is 0 Å². The van der Waals surface area contributed by atoms with Gasteiger partial charge in [-0.2, -0.15) is 0 Å². The van der Waals surface area contributed by atoms with Gasteiger partial charge in [0.15, 0.2) is 0 Å². The Bertz CT molecular complexity index is 191. The van der Waals surface area contributed by atoms with Crippen LogP contribution in [-0.4, -0.2) is 18.1 Å². The van der Waals surface area contributed by atoms with E-state index in [9.17, 15) is 0 Å². The summed E-state index contributed by atoms with van der Waals surface area (Å²) in [4.78, 5) is 0. The van der Waals surface area contributed by atoms with Crippen molar-refractivity contribution in [3.63, 3.8) is 0 Å². The summed E-state index contributed by atoms with van der Waals surface area (Å²) in [5, 5.41) is 3.79. The van der Waals surface area contributed by atoms with Gasteiger partial charge >= 0.3 is 0 Å². The van der Waals surface area contributed by atoms with E-state index in [1.165, 1.54) is 51.4 Å². The van der Waals surface area contributed by atoms with Gasteiger partial charge in [-0.3, -0.25) is 0 Å². The SMILES string of the molecule is CCCC1CCC(CN)(NC2CC2)CC1. The standard InChI is InChI=1S/C13H26N2/c1-2-3-11-6-8-13(10-14,9-7-11)15-12-4-5-12/h11-12,15H,2-10,14H2,1H3. The zero-order chi connectivity index (χ0) is 10.7. The number of hydrogen-bond acceptors (Lipinski definition) is 2. The maximum Gasteiger partial charge on any atom is 0.0306 e. The highest BCUT2D eigenvalue weighted by atomic mass is 15.1. The summed E-state index contributed by atoms with van der Waals surface area (Å²) >= 11 is 0. The van der Waals surface area contributed by atoms with E-state index in [1.807, 2.05) is 0 Å². The highest BCUT2D eigenvalue weighted by Gasteiger charge is 2.37. The van der Waals surface area contributed by atoms with Crippen LogP contribution in [0.5, 0.6) is 0 Å². The summed E-state index contributed by atoms with van der Waals surface area (Å²) in [6.07, 6.45) is 10.9. The zero-order valence-corrected chi connectivity index (χ0v) is 10.1. The van der Waals surface area contributed by atoms with Crippen LogP contribution in [0.4, 0.5) is 0 Å². The van der Waals surface area contributed by atoms with Gasteiger partial charge in [0, 0.05) is 18.1 Å². The Morgan fingerprint density at radius 3 is 2.33 bits per heavy atom. The molecule has 0 unspecified atom stereocenters. The van der Waals surface area contributed by atoms with Gasteiger partial charge in [0.25, 0.3) is 0 Å². The van der Waals surface area contributed by atoms with Crippen molar-refractivity contribution in [2.24, 2.45) is 11.7 Å². The molecule has 0 radical (unpaired) electrons. The van der Waals surface area contributed by atoms with Gasteiger partial charge in [-0.1, -0.05) is 19.8 Å². The van der Waals surface area contributed by atoms with Crippen molar-refractivity contribution >= 4 is 0 Å². The first-order valence-electron chi connectivity index (χ1n) is 6.76. The Hall–Kier alpha value is -0.0800. The van der Waals surface area contributed by atoms with Crippen LogP contribution < -0.4 is 11.1 Å². The topological polar surface area (TPSA) is 38.0 Å². The summed E-state index contributed by atoms with van der Waals surface area (Å²) in [6, 6.07) is 0.802. The molecule has 3 N–H and O–H groups in total. The largest absolute Gasteiger partial charge is 0.329 e. The molecule has 2 heteroatoms. The van der Waals surface area contributed by atoms with E-state index in [-0.39, 0.29) is 0 Å². The molecule has 2 aliphatic carbocycles. The van der Waals surface area contributed by atoms with Crippen molar-refractivity contribution in [1.29, 1.82) is 0 Å². The third-order valence-corrected chi connectivity index (χ3v) is 4.24. The number of rotatable bonds is 5. The van der Waals surface area contributed by atoms with Crippen LogP contribution in [0.1, 0.15) is 58.3 Å². The lowest BCUT2D eigenvalue weighted by Gasteiger charge is -2.40. The minimum Gasteiger partial charge on any atom is -0.329 e. The highest BCUT2D eigenvalue weighted by Crippen LogP contribution is 2.36. The third-order valence-electron chi connectivity index (χ3n) is 4.24. The molecule has 2 nitrogen and oxygen atoms in total. The van der Waals surface area contributed by atoms with Gasteiger partial charge in [0.2, 0.25) is 0 Å². The highest BCUT2D eigenvalue weighted by molar-refractivity contribution is 4.98. The molecule has 2 rings (SSSR count). The molecule has 0 aromatic heterocycles. The van der Waals surface area contributed by atoms with Crippen molar-refractivity contribution in [2.45, 2.75) is 69.9 Å². The summed E-state index contributed by atoms with van der Waals surface area (Å²) < 4.78 is 0. The molecule has 0 amide bonds. The van der Waals surface area contributed by atoms with Gasteiger partial charge in [-0.15, -0.1) is 0 Å². The van der Waals surface area contributed by atoms with Crippen molar-refractivity contribution in [3.05, 3.63) is 0 Å². The minimum atomic E-state index is 0.311. The molecule has 0 saturated heterocycles. The Labute approximate surface area is 94.0 Å². The molecule has 88 valence electrons. The Morgan fingerprint density at radius 2 is 1.87 bits per heavy atom. The zero-order valence-electron chi connectivity index (χ0n) is 10.1. The van der Waals surface area contributed by atoms with E-state index >= 15 is 0 Å². The van der Waals surface area contributed by atoms with Gasteiger partial charge < -0.3 is 11.1 Å². The van der Waals surface area contributed by atoms with Gasteiger partial charge in [-0.05, 0) is 44.4 Å². The predicted octanol–water partition coefficient (Wildman–Crippen LogP) is 2.43. The molecule has 2 fully saturated rings. The lowest BCUT2D eigenvalue weighted by Crippen LogP contribution is -2.54. The Kier molecular flexibility index (Phi) is 3.68. The normalized spacial score (nSPS) is 36.8. The van der Waals surface area contributed by atoms with E-state index in [0.29, 0.717) is 5.54 Å². The first-order chi connectivity index (χ1) is 7.28. The quantitative estimate of drug-likeness (QED) is 0.731. The fraction of sp³-hybridized carbons (Fsp3) is 1.00. The lowest BCUT2D eigenvalue weighted by atomic mass is 9.75. The number of nitrogens with one attached hydrogen (secondary N) is 1. The van der Waals surface area contributed by atoms with E-state index in [2.05, 4.69) is 12.2 Å². The van der Waals surface area contributed by atoms with E-state index in [0.717, 1.165) is 18.5 Å². The predicted molar refractivity (Wildman–Crippen MR) is 64.8 cm³/mol. The molecular formula is C13H26N2. The van der Waals surface area contributed by atoms with E-state index in [4.69, 9.17) is 5.73 Å². The van der Waals surface area contributed by atoms with Crippen LogP contribution in [0.3, 0.4) is 0 Å². The summed E-state index contributed by atoms with van der Waals surface area (Å²) in [7, 11) is 0. The van der Waals surface area contributed by atoms with Gasteiger partial charge in [-0.25, -0.2) is 0 Å². The average Bonchev–Trinajstić information content (AvgIpc) is 3.06. The van der Waals surface area contributed by atoms with Crippen molar-refractivity contribution in [3.8, 4) is 0 Å². The molecule has 0 aliphatic heterocycles. The van der Waals surface area contributed by atoms with Gasteiger partial charge in [0.1, 0.15) is 0 Å². The molecular weight excluding hydrogens is 184 g/mol. The lowest BCUT2D eigenvalue weighted by molar-refractivity contribution is 0.185. The second-order valence-electron chi connectivity index (χ2n) is 5.64. The molecule has 0 atom stereocenters. The fourth-order valence-corrected chi connectivity index (χ4v) is 3.00. The smallest absolute Gasteiger partial charge is 0.0306 e. The monoisotopic (exact) mass is 210 g/mol. The molecule has 2 aliphatic rings.